The molecule has 0 aliphatic rings. The highest BCUT2D eigenvalue weighted by Gasteiger charge is 2.18. The predicted octanol–water partition coefficient (Wildman–Crippen LogP) is 4.01. The largest absolute Gasteiger partial charge is 0.313 e. The number of benzene rings is 1. The molecule has 0 amide bonds. The molecule has 5 heteroatoms. The van der Waals surface area contributed by atoms with Crippen LogP contribution in [0.25, 0.3) is 0 Å². The van der Waals surface area contributed by atoms with Gasteiger partial charge < -0.3 is 5.32 Å². The van der Waals surface area contributed by atoms with Gasteiger partial charge in [0.15, 0.2) is 0 Å². The topological polar surface area (TPSA) is 29.9 Å². The molecule has 1 aromatic carbocycles. The van der Waals surface area contributed by atoms with E-state index >= 15 is 0 Å². The highest BCUT2D eigenvalue weighted by molar-refractivity contribution is 9.10. The Balaban J connectivity index is 2.29. The number of rotatable bonds is 5. The van der Waals surface area contributed by atoms with E-state index in [2.05, 4.69) is 67.4 Å². The third-order valence-electron chi connectivity index (χ3n) is 3.50. The molecule has 2 rings (SSSR count). The molecule has 20 heavy (non-hydrogen) atoms. The van der Waals surface area contributed by atoms with Gasteiger partial charge in [-0.05, 0) is 47.1 Å². The molecule has 3 nitrogen and oxygen atoms in total. The second-order valence-electron chi connectivity index (χ2n) is 4.78. The zero-order chi connectivity index (χ0) is 14.7. The van der Waals surface area contributed by atoms with E-state index in [1.807, 2.05) is 24.8 Å². The van der Waals surface area contributed by atoms with Gasteiger partial charge in [-0.3, -0.25) is 4.68 Å². The third-order valence-corrected chi connectivity index (χ3v) is 4.91. The number of nitrogens with one attached hydrogen (secondary N) is 1. The van der Waals surface area contributed by atoms with Gasteiger partial charge in [-0.15, -0.1) is 0 Å². The van der Waals surface area contributed by atoms with Crippen molar-refractivity contribution in [2.24, 2.45) is 7.05 Å². The van der Waals surface area contributed by atoms with E-state index in [1.165, 1.54) is 11.3 Å². The zero-order valence-electron chi connectivity index (χ0n) is 12.0. The van der Waals surface area contributed by atoms with Gasteiger partial charge in [0.25, 0.3) is 0 Å². The maximum absolute atomic E-state index is 4.56. The molecule has 2 aromatic rings. The lowest BCUT2D eigenvalue weighted by atomic mass is 10.0. The SMILES string of the molecule is CCc1nn(C)c(CC(NC)c2cccc(Br)c2)c1Br. The van der Waals surface area contributed by atoms with Crippen molar-refractivity contribution in [3.8, 4) is 0 Å². The smallest absolute Gasteiger partial charge is 0.0766 e. The molecule has 0 spiro atoms. The minimum atomic E-state index is 0.268. The Hall–Kier alpha value is -0.650. The summed E-state index contributed by atoms with van der Waals surface area (Å²) in [6, 6.07) is 8.69. The number of halogens is 2. The molecule has 1 heterocycles. The average molecular weight is 401 g/mol. The Kier molecular flexibility index (Phi) is 5.41. The fourth-order valence-corrected chi connectivity index (χ4v) is 3.54. The standard InChI is InChI=1S/C15H19Br2N3/c1-4-12-15(17)14(20(3)19-12)9-13(18-2)10-6-5-7-11(16)8-10/h5-8,13,18H,4,9H2,1-3H3. The number of likely N-dealkylation sites (N-methyl/N-ethyl adjacent to an activating group) is 1. The lowest BCUT2D eigenvalue weighted by Crippen LogP contribution is -2.20. The van der Waals surface area contributed by atoms with Crippen molar-refractivity contribution in [2.75, 3.05) is 7.05 Å². The van der Waals surface area contributed by atoms with Crippen LogP contribution in [0.5, 0.6) is 0 Å². The summed E-state index contributed by atoms with van der Waals surface area (Å²) >= 11 is 7.22. The number of nitrogens with zero attached hydrogens (tertiary/aromatic N) is 2. The summed E-state index contributed by atoms with van der Waals surface area (Å²) in [4.78, 5) is 0. The van der Waals surface area contributed by atoms with Crippen molar-refractivity contribution in [3.05, 3.63) is 50.2 Å². The Morgan fingerprint density at radius 3 is 2.65 bits per heavy atom. The van der Waals surface area contributed by atoms with Crippen molar-refractivity contribution >= 4 is 31.9 Å². The molecule has 1 N–H and O–H groups in total. The average Bonchev–Trinajstić information content (AvgIpc) is 2.71. The molecular formula is C15H19Br2N3. The Morgan fingerprint density at radius 2 is 2.10 bits per heavy atom. The van der Waals surface area contributed by atoms with E-state index in [-0.39, 0.29) is 6.04 Å². The normalized spacial score (nSPS) is 12.7. The molecule has 0 saturated carbocycles. The van der Waals surface area contributed by atoms with E-state index in [1.54, 1.807) is 0 Å². The van der Waals surface area contributed by atoms with Crippen LogP contribution in [0.15, 0.2) is 33.2 Å². The fraction of sp³-hybridized carbons (Fsp3) is 0.400. The first-order valence-corrected chi connectivity index (χ1v) is 8.28. The van der Waals surface area contributed by atoms with Crippen LogP contribution in [-0.4, -0.2) is 16.8 Å². The van der Waals surface area contributed by atoms with Crippen LogP contribution in [0.2, 0.25) is 0 Å². The van der Waals surface area contributed by atoms with E-state index in [0.717, 1.165) is 27.5 Å². The zero-order valence-corrected chi connectivity index (χ0v) is 15.1. The van der Waals surface area contributed by atoms with Gasteiger partial charge in [-0.25, -0.2) is 0 Å². The molecule has 1 atom stereocenters. The summed E-state index contributed by atoms with van der Waals surface area (Å²) in [5.74, 6) is 0. The predicted molar refractivity (Wildman–Crippen MR) is 89.9 cm³/mol. The van der Waals surface area contributed by atoms with Crippen LogP contribution >= 0.6 is 31.9 Å². The van der Waals surface area contributed by atoms with Crippen molar-refractivity contribution in [1.29, 1.82) is 0 Å². The maximum Gasteiger partial charge on any atom is 0.0766 e. The van der Waals surface area contributed by atoms with Crippen molar-refractivity contribution in [2.45, 2.75) is 25.8 Å². The second-order valence-corrected chi connectivity index (χ2v) is 6.49. The lowest BCUT2D eigenvalue weighted by Gasteiger charge is -2.17. The third kappa shape index (κ3) is 3.32. The van der Waals surface area contributed by atoms with Gasteiger partial charge in [0.05, 0.1) is 15.9 Å². The summed E-state index contributed by atoms with van der Waals surface area (Å²) in [7, 11) is 4.00. The summed E-state index contributed by atoms with van der Waals surface area (Å²) in [5.41, 5.74) is 3.61. The van der Waals surface area contributed by atoms with Gasteiger partial charge in [0.2, 0.25) is 0 Å². The number of aromatic nitrogens is 2. The van der Waals surface area contributed by atoms with Crippen LogP contribution in [0.1, 0.15) is 29.9 Å². The summed E-state index contributed by atoms with van der Waals surface area (Å²) < 4.78 is 4.22. The Morgan fingerprint density at radius 1 is 1.35 bits per heavy atom. The van der Waals surface area contributed by atoms with Gasteiger partial charge in [-0.1, -0.05) is 35.0 Å². The van der Waals surface area contributed by atoms with Crippen LogP contribution in [0.3, 0.4) is 0 Å². The number of aryl methyl sites for hydroxylation is 2. The van der Waals surface area contributed by atoms with Crippen LogP contribution in [-0.2, 0) is 19.9 Å². The quantitative estimate of drug-likeness (QED) is 0.821. The van der Waals surface area contributed by atoms with Crippen LogP contribution < -0.4 is 5.32 Å². The molecule has 0 bridgehead atoms. The Labute approximate surface area is 137 Å². The lowest BCUT2D eigenvalue weighted by molar-refractivity contribution is 0.560. The van der Waals surface area contributed by atoms with E-state index < -0.39 is 0 Å². The van der Waals surface area contributed by atoms with Gasteiger partial charge in [0, 0.05) is 24.0 Å². The number of hydrogen-bond acceptors (Lipinski definition) is 2. The number of hydrogen-bond donors (Lipinski definition) is 1. The molecule has 1 unspecified atom stereocenters. The summed E-state index contributed by atoms with van der Waals surface area (Å²) in [6.07, 6.45) is 1.84. The molecule has 1 aromatic heterocycles. The summed E-state index contributed by atoms with van der Waals surface area (Å²) in [6.45, 7) is 2.13. The van der Waals surface area contributed by atoms with Gasteiger partial charge in [-0.2, -0.15) is 5.10 Å². The van der Waals surface area contributed by atoms with E-state index in [9.17, 15) is 0 Å². The fourth-order valence-electron chi connectivity index (χ4n) is 2.34. The highest BCUT2D eigenvalue weighted by atomic mass is 79.9. The summed E-state index contributed by atoms with van der Waals surface area (Å²) in [5, 5.41) is 7.95. The minimum Gasteiger partial charge on any atom is -0.313 e. The van der Waals surface area contributed by atoms with Crippen LogP contribution in [0, 0.1) is 0 Å². The molecule has 0 aliphatic heterocycles. The maximum atomic E-state index is 4.56. The molecule has 0 aliphatic carbocycles. The minimum absolute atomic E-state index is 0.268. The Bertz CT molecular complexity index is 593. The monoisotopic (exact) mass is 399 g/mol. The molecule has 0 fully saturated rings. The van der Waals surface area contributed by atoms with Crippen LogP contribution in [0.4, 0.5) is 0 Å². The molecule has 0 saturated heterocycles. The van der Waals surface area contributed by atoms with Gasteiger partial charge in [0.1, 0.15) is 0 Å². The van der Waals surface area contributed by atoms with Crippen molar-refractivity contribution in [1.82, 2.24) is 15.1 Å². The van der Waals surface area contributed by atoms with E-state index in [4.69, 9.17) is 0 Å². The van der Waals surface area contributed by atoms with Crippen molar-refractivity contribution in [3.63, 3.8) is 0 Å². The molecule has 108 valence electrons. The van der Waals surface area contributed by atoms with Crippen molar-refractivity contribution < 1.29 is 0 Å². The first kappa shape index (κ1) is 15.7. The molecule has 0 radical (unpaired) electrons. The molecular weight excluding hydrogens is 382 g/mol. The highest BCUT2D eigenvalue weighted by Crippen LogP contribution is 2.27. The van der Waals surface area contributed by atoms with E-state index in [0.29, 0.717) is 0 Å². The second kappa shape index (κ2) is 6.87. The first-order chi connectivity index (χ1) is 9.56. The first-order valence-electron chi connectivity index (χ1n) is 6.69. The van der Waals surface area contributed by atoms with Gasteiger partial charge >= 0.3 is 0 Å².